The van der Waals surface area contributed by atoms with Crippen LogP contribution in [-0.2, 0) is 11.3 Å². The first-order chi connectivity index (χ1) is 13.1. The van der Waals surface area contributed by atoms with Gasteiger partial charge in [-0.15, -0.1) is 24.0 Å². The minimum absolute atomic E-state index is 0. The van der Waals surface area contributed by atoms with Gasteiger partial charge in [-0.1, -0.05) is 18.2 Å². The average molecular weight is 498 g/mol. The van der Waals surface area contributed by atoms with Gasteiger partial charge < -0.3 is 25.0 Å². The lowest BCUT2D eigenvalue weighted by Crippen LogP contribution is -2.30. The van der Waals surface area contributed by atoms with E-state index in [0.29, 0.717) is 25.7 Å². The Morgan fingerprint density at radius 1 is 1.07 bits per heavy atom. The van der Waals surface area contributed by atoms with Crippen LogP contribution in [0.1, 0.15) is 12.0 Å². The first kappa shape index (κ1) is 24.0. The summed E-state index contributed by atoms with van der Waals surface area (Å²) in [5.41, 5.74) is 3.30. The van der Waals surface area contributed by atoms with E-state index in [-0.39, 0.29) is 24.0 Å². The molecule has 0 bridgehead atoms. The van der Waals surface area contributed by atoms with E-state index in [2.05, 4.69) is 44.8 Å². The van der Waals surface area contributed by atoms with E-state index in [0.717, 1.165) is 17.9 Å². The van der Waals surface area contributed by atoms with Crippen LogP contribution in [0.5, 0.6) is 5.75 Å². The van der Waals surface area contributed by atoms with Crippen molar-refractivity contribution in [1.29, 1.82) is 0 Å². The summed E-state index contributed by atoms with van der Waals surface area (Å²) in [6, 6.07) is 16.3. The van der Waals surface area contributed by atoms with Gasteiger partial charge in [0, 0.05) is 65.3 Å². The van der Waals surface area contributed by atoms with Gasteiger partial charge in [-0.3, -0.25) is 4.99 Å². The van der Waals surface area contributed by atoms with Gasteiger partial charge >= 0.3 is 0 Å². The largest absolute Gasteiger partial charge is 0.493 e. The molecule has 28 heavy (non-hydrogen) atoms. The molecule has 7 heteroatoms. The summed E-state index contributed by atoms with van der Waals surface area (Å²) < 4.78 is 10.8. The highest BCUT2D eigenvalue weighted by Gasteiger charge is 2.02. The van der Waals surface area contributed by atoms with E-state index >= 15 is 0 Å². The van der Waals surface area contributed by atoms with E-state index < -0.39 is 0 Å². The highest BCUT2D eigenvalue weighted by molar-refractivity contribution is 14.0. The molecule has 0 atom stereocenters. The van der Waals surface area contributed by atoms with E-state index in [9.17, 15) is 0 Å². The molecule has 0 aromatic heterocycles. The van der Waals surface area contributed by atoms with Gasteiger partial charge in [0.1, 0.15) is 5.75 Å². The minimum atomic E-state index is 0. The summed E-state index contributed by atoms with van der Waals surface area (Å²) in [6.45, 7) is 2.03. The number of guanidine groups is 1. The number of nitrogens with one attached hydrogen (secondary N) is 2. The second kappa shape index (κ2) is 13.2. The van der Waals surface area contributed by atoms with Crippen LogP contribution < -0.4 is 20.3 Å². The summed E-state index contributed by atoms with van der Waals surface area (Å²) >= 11 is 0. The normalized spacial score (nSPS) is 10.8. The maximum absolute atomic E-state index is 5.74. The van der Waals surface area contributed by atoms with E-state index in [1.165, 1.54) is 11.3 Å². The Bertz CT molecular complexity index is 721. The number of methoxy groups -OCH3 is 1. The molecule has 0 unspecified atom stereocenters. The molecule has 2 aromatic rings. The highest BCUT2D eigenvalue weighted by atomic mass is 127. The molecule has 154 valence electrons. The number of ether oxygens (including phenoxy) is 2. The van der Waals surface area contributed by atoms with Gasteiger partial charge in [-0.25, -0.2) is 0 Å². The van der Waals surface area contributed by atoms with Crippen molar-refractivity contribution in [3.63, 3.8) is 0 Å². The smallest absolute Gasteiger partial charge is 0.195 e. The van der Waals surface area contributed by atoms with Gasteiger partial charge in [0.15, 0.2) is 5.96 Å². The Hall–Kier alpha value is -2.00. The van der Waals surface area contributed by atoms with Crippen molar-refractivity contribution < 1.29 is 9.47 Å². The molecule has 0 radical (unpaired) electrons. The van der Waals surface area contributed by atoms with Crippen LogP contribution in [0.2, 0.25) is 0 Å². The van der Waals surface area contributed by atoms with E-state index in [4.69, 9.17) is 9.47 Å². The highest BCUT2D eigenvalue weighted by Crippen LogP contribution is 2.17. The number of halogens is 1. The van der Waals surface area contributed by atoms with Crippen LogP contribution in [0.15, 0.2) is 53.5 Å². The number of nitrogens with zero attached hydrogens (tertiary/aromatic N) is 2. The van der Waals surface area contributed by atoms with Gasteiger partial charge in [0.05, 0.1) is 6.61 Å². The Morgan fingerprint density at radius 3 is 2.46 bits per heavy atom. The van der Waals surface area contributed by atoms with Crippen LogP contribution >= 0.6 is 24.0 Å². The third-order valence-corrected chi connectivity index (χ3v) is 3.99. The summed E-state index contributed by atoms with van der Waals surface area (Å²) in [7, 11) is 7.53. The molecule has 0 fully saturated rings. The number of rotatable bonds is 9. The quantitative estimate of drug-likeness (QED) is 0.237. The number of anilines is 2. The molecule has 0 heterocycles. The monoisotopic (exact) mass is 498 g/mol. The van der Waals surface area contributed by atoms with Crippen molar-refractivity contribution in [3.05, 3.63) is 54.1 Å². The van der Waals surface area contributed by atoms with Crippen molar-refractivity contribution in [1.82, 2.24) is 5.32 Å². The topological polar surface area (TPSA) is 58.1 Å². The van der Waals surface area contributed by atoms with Crippen molar-refractivity contribution in [2.75, 3.05) is 51.7 Å². The number of benzene rings is 2. The van der Waals surface area contributed by atoms with E-state index in [1.54, 1.807) is 14.2 Å². The fourth-order valence-corrected chi connectivity index (χ4v) is 2.47. The summed E-state index contributed by atoms with van der Waals surface area (Å²) in [4.78, 5) is 6.37. The lowest BCUT2D eigenvalue weighted by molar-refractivity contribution is 0.172. The Kier molecular flexibility index (Phi) is 11.4. The minimum Gasteiger partial charge on any atom is -0.493 e. The maximum Gasteiger partial charge on any atom is 0.195 e. The van der Waals surface area contributed by atoms with Gasteiger partial charge in [-0.2, -0.15) is 0 Å². The number of hydrogen-bond acceptors (Lipinski definition) is 4. The first-order valence-electron chi connectivity index (χ1n) is 9.08. The van der Waals surface area contributed by atoms with Crippen molar-refractivity contribution in [3.8, 4) is 5.75 Å². The number of hydrogen-bond donors (Lipinski definition) is 2. The second-order valence-electron chi connectivity index (χ2n) is 6.33. The standard InChI is InChI=1S/C21H30N4O2.HI/c1-22-21(23-16-17-9-11-19(12-10-17)25(2)3)24-18-7-5-8-20(15-18)27-14-6-13-26-4;/h5,7-12,15H,6,13-14,16H2,1-4H3,(H2,22,23,24);1H. The van der Waals surface area contributed by atoms with E-state index in [1.807, 2.05) is 38.4 Å². The molecule has 0 aliphatic carbocycles. The molecule has 0 aliphatic rings. The molecule has 2 rings (SSSR count). The third-order valence-electron chi connectivity index (χ3n) is 3.99. The second-order valence-corrected chi connectivity index (χ2v) is 6.33. The van der Waals surface area contributed by atoms with Gasteiger partial charge in [0.25, 0.3) is 0 Å². The molecule has 0 saturated heterocycles. The van der Waals surface area contributed by atoms with Crippen molar-refractivity contribution >= 4 is 41.3 Å². The zero-order valence-electron chi connectivity index (χ0n) is 17.1. The predicted octanol–water partition coefficient (Wildman–Crippen LogP) is 3.97. The Morgan fingerprint density at radius 2 is 1.82 bits per heavy atom. The van der Waals surface area contributed by atoms with Crippen LogP contribution in [0.3, 0.4) is 0 Å². The summed E-state index contributed by atoms with van der Waals surface area (Å²) in [6.07, 6.45) is 0.865. The molecule has 0 aliphatic heterocycles. The molecule has 0 saturated carbocycles. The van der Waals surface area contributed by atoms with Crippen LogP contribution in [0.4, 0.5) is 11.4 Å². The molecule has 2 N–H and O–H groups in total. The fourth-order valence-electron chi connectivity index (χ4n) is 2.47. The van der Waals surface area contributed by atoms with Crippen LogP contribution in [0.25, 0.3) is 0 Å². The molecular formula is C21H31IN4O2. The zero-order chi connectivity index (χ0) is 19.5. The van der Waals surface area contributed by atoms with Gasteiger partial charge in [-0.05, 0) is 29.8 Å². The van der Waals surface area contributed by atoms with Gasteiger partial charge in [0.2, 0.25) is 0 Å². The lowest BCUT2D eigenvalue weighted by atomic mass is 10.2. The first-order valence-corrected chi connectivity index (χ1v) is 9.08. The lowest BCUT2D eigenvalue weighted by Gasteiger charge is -2.15. The molecule has 0 spiro atoms. The average Bonchev–Trinajstić information content (AvgIpc) is 2.69. The molecule has 0 amide bonds. The predicted molar refractivity (Wildman–Crippen MR) is 128 cm³/mol. The SMILES string of the molecule is CN=C(NCc1ccc(N(C)C)cc1)Nc1cccc(OCCCOC)c1.I. The molecule has 2 aromatic carbocycles. The zero-order valence-corrected chi connectivity index (χ0v) is 19.4. The van der Waals surface area contributed by atoms with Crippen LogP contribution in [-0.4, -0.2) is 47.4 Å². The third kappa shape index (κ3) is 8.35. The van der Waals surface area contributed by atoms with Crippen LogP contribution in [0, 0.1) is 0 Å². The summed E-state index contributed by atoms with van der Waals surface area (Å²) in [5.74, 6) is 1.54. The fraction of sp³-hybridized carbons (Fsp3) is 0.381. The maximum atomic E-state index is 5.74. The molecular weight excluding hydrogens is 467 g/mol. The number of aliphatic imine (C=N–C) groups is 1. The Balaban J connectivity index is 0.00000392. The Labute approximate surface area is 185 Å². The summed E-state index contributed by atoms with van der Waals surface area (Å²) in [5, 5.41) is 6.63. The van der Waals surface area contributed by atoms with Crippen molar-refractivity contribution in [2.45, 2.75) is 13.0 Å². The molecule has 6 nitrogen and oxygen atoms in total. The van der Waals surface area contributed by atoms with Crippen molar-refractivity contribution in [2.24, 2.45) is 4.99 Å².